The molecule has 67 valence electrons. The zero-order chi connectivity index (χ0) is 9.47. The van der Waals surface area contributed by atoms with E-state index in [9.17, 15) is 0 Å². The Morgan fingerprint density at radius 2 is 1.92 bits per heavy atom. The van der Waals surface area contributed by atoms with Crippen LogP contribution in [0.4, 0.5) is 5.69 Å². The average molecular weight is 173 g/mol. The van der Waals surface area contributed by atoms with E-state index in [4.69, 9.17) is 0 Å². The predicted octanol–water partition coefficient (Wildman–Crippen LogP) is 2.57. The van der Waals surface area contributed by atoms with Crippen molar-refractivity contribution in [1.29, 1.82) is 0 Å². The van der Waals surface area contributed by atoms with Crippen LogP contribution in [-0.4, -0.2) is 6.21 Å². The van der Waals surface area contributed by atoms with Gasteiger partial charge in [0.05, 0.1) is 11.9 Å². The van der Waals surface area contributed by atoms with Crippen molar-refractivity contribution in [3.05, 3.63) is 29.3 Å². The number of hydrogen-bond donors (Lipinski definition) is 0. The molecule has 2 nitrogen and oxygen atoms in total. The highest BCUT2D eigenvalue weighted by Gasteiger charge is 2.21. The van der Waals surface area contributed by atoms with Gasteiger partial charge in [0.2, 0.25) is 0 Å². The van der Waals surface area contributed by atoms with Crippen molar-refractivity contribution < 1.29 is 0 Å². The topological polar surface area (TPSA) is 26.5 Å². The maximum Gasteiger partial charge on any atom is 0.0982 e. The van der Waals surface area contributed by atoms with E-state index in [1.165, 1.54) is 5.56 Å². The van der Waals surface area contributed by atoms with Crippen molar-refractivity contribution in [2.24, 2.45) is 5.10 Å². The minimum absolute atomic E-state index is 0.141. The van der Waals surface area contributed by atoms with Gasteiger partial charge in [-0.1, -0.05) is 39.0 Å². The predicted molar refractivity (Wildman–Crippen MR) is 54.5 cm³/mol. The van der Waals surface area contributed by atoms with E-state index in [-0.39, 0.29) is 5.41 Å². The molecule has 0 saturated carbocycles. The molecule has 0 amide bonds. The van der Waals surface area contributed by atoms with Crippen LogP contribution in [0.5, 0.6) is 0 Å². The van der Waals surface area contributed by atoms with Crippen molar-refractivity contribution in [3.63, 3.8) is 0 Å². The summed E-state index contributed by atoms with van der Waals surface area (Å²) in [6, 6.07) is 6.23. The molecular weight excluding hydrogens is 160 g/mol. The summed E-state index contributed by atoms with van der Waals surface area (Å²) in [5.74, 6) is 0. The fourth-order valence-corrected chi connectivity index (χ4v) is 1.53. The Bertz CT molecular complexity index is 359. The smallest absolute Gasteiger partial charge is 0.0982 e. The number of nitrogens with zero attached hydrogens (tertiary/aromatic N) is 2. The molecule has 13 heavy (non-hydrogen) atoms. The summed E-state index contributed by atoms with van der Waals surface area (Å²) in [5.41, 5.74) is 7.71. The van der Waals surface area contributed by atoms with Crippen molar-refractivity contribution in [2.75, 3.05) is 0 Å². The second-order valence-electron chi connectivity index (χ2n) is 4.34. The first kappa shape index (κ1) is 8.30. The molecule has 0 N–H and O–H groups in total. The Balaban J connectivity index is 2.57. The third-order valence-electron chi connectivity index (χ3n) is 2.23. The van der Waals surface area contributed by atoms with E-state index in [0.717, 1.165) is 11.3 Å². The Kier molecular flexibility index (Phi) is 1.65. The molecule has 0 aromatic heterocycles. The molecule has 0 atom stereocenters. The highest BCUT2D eigenvalue weighted by Crippen LogP contribution is 2.33. The zero-order valence-corrected chi connectivity index (χ0v) is 8.20. The molecule has 0 aliphatic carbocycles. The lowest BCUT2D eigenvalue weighted by Gasteiger charge is -2.20. The lowest BCUT2D eigenvalue weighted by Crippen LogP contribution is -2.13. The van der Waals surface area contributed by atoms with Gasteiger partial charge in [0, 0.05) is 5.56 Å². The van der Waals surface area contributed by atoms with Gasteiger partial charge in [0.25, 0.3) is 0 Å². The summed E-state index contributed by atoms with van der Waals surface area (Å²) in [5, 5.41) is 3.93. The van der Waals surface area contributed by atoms with E-state index < -0.39 is 0 Å². The van der Waals surface area contributed by atoms with Crippen molar-refractivity contribution in [1.82, 2.24) is 5.43 Å². The SMILES string of the molecule is CC(C)(C)c1cccc2c1[N]N=C2. The highest BCUT2D eigenvalue weighted by atomic mass is 15.3. The lowest BCUT2D eigenvalue weighted by atomic mass is 9.85. The van der Waals surface area contributed by atoms with E-state index in [2.05, 4.69) is 43.4 Å². The molecule has 1 aliphatic heterocycles. The van der Waals surface area contributed by atoms with Crippen molar-refractivity contribution >= 4 is 11.9 Å². The van der Waals surface area contributed by atoms with Crippen LogP contribution in [0.15, 0.2) is 23.3 Å². The molecule has 0 saturated heterocycles. The van der Waals surface area contributed by atoms with Gasteiger partial charge in [-0.15, -0.1) is 0 Å². The molecule has 0 spiro atoms. The van der Waals surface area contributed by atoms with Gasteiger partial charge in [-0.2, -0.15) is 10.5 Å². The van der Waals surface area contributed by atoms with E-state index in [1.54, 1.807) is 0 Å². The van der Waals surface area contributed by atoms with Crippen LogP contribution >= 0.6 is 0 Å². The van der Waals surface area contributed by atoms with Gasteiger partial charge >= 0.3 is 0 Å². The summed E-state index contributed by atoms with van der Waals surface area (Å²) in [6.45, 7) is 6.57. The Labute approximate surface area is 78.7 Å². The van der Waals surface area contributed by atoms with Crippen LogP contribution in [-0.2, 0) is 5.41 Å². The van der Waals surface area contributed by atoms with Crippen molar-refractivity contribution in [3.8, 4) is 0 Å². The van der Waals surface area contributed by atoms with Crippen LogP contribution in [0, 0.1) is 0 Å². The number of rotatable bonds is 0. The molecule has 2 heteroatoms. The Morgan fingerprint density at radius 1 is 1.15 bits per heavy atom. The van der Waals surface area contributed by atoms with Crippen LogP contribution in [0.25, 0.3) is 0 Å². The molecular formula is C11H13N2. The lowest BCUT2D eigenvalue weighted by molar-refractivity contribution is 0.587. The maximum absolute atomic E-state index is 4.14. The summed E-state index contributed by atoms with van der Waals surface area (Å²) in [7, 11) is 0. The Hall–Kier alpha value is -1.31. The second-order valence-corrected chi connectivity index (χ2v) is 4.34. The second kappa shape index (κ2) is 2.59. The fourth-order valence-electron chi connectivity index (χ4n) is 1.53. The summed E-state index contributed by atoms with van der Waals surface area (Å²) < 4.78 is 0. The van der Waals surface area contributed by atoms with Gasteiger partial charge in [0.1, 0.15) is 0 Å². The minimum atomic E-state index is 0.141. The third-order valence-corrected chi connectivity index (χ3v) is 2.23. The van der Waals surface area contributed by atoms with Gasteiger partial charge in [-0.25, -0.2) is 0 Å². The van der Waals surface area contributed by atoms with Crippen LogP contribution in [0.2, 0.25) is 0 Å². The monoisotopic (exact) mass is 173 g/mol. The molecule has 1 aliphatic rings. The normalized spacial score (nSPS) is 14.1. The van der Waals surface area contributed by atoms with Crippen LogP contribution < -0.4 is 5.43 Å². The Morgan fingerprint density at radius 3 is 2.62 bits per heavy atom. The molecule has 1 heterocycles. The first-order valence-electron chi connectivity index (χ1n) is 4.46. The fraction of sp³-hybridized carbons (Fsp3) is 0.364. The van der Waals surface area contributed by atoms with E-state index in [0.29, 0.717) is 0 Å². The van der Waals surface area contributed by atoms with E-state index in [1.807, 2.05) is 12.3 Å². The van der Waals surface area contributed by atoms with Gasteiger partial charge < -0.3 is 0 Å². The molecule has 2 rings (SSSR count). The first-order chi connectivity index (χ1) is 6.09. The van der Waals surface area contributed by atoms with Crippen LogP contribution in [0.3, 0.4) is 0 Å². The average Bonchev–Trinajstić information content (AvgIpc) is 2.48. The maximum atomic E-state index is 4.14. The third kappa shape index (κ3) is 1.32. The van der Waals surface area contributed by atoms with Gasteiger partial charge in [-0.05, 0) is 11.0 Å². The largest absolute Gasteiger partial charge is 0.158 e. The molecule has 1 aromatic rings. The summed E-state index contributed by atoms with van der Waals surface area (Å²) in [6.07, 6.45) is 1.81. The van der Waals surface area contributed by atoms with Gasteiger partial charge in [-0.3, -0.25) is 0 Å². The number of fused-ring (bicyclic) bond motifs is 1. The summed E-state index contributed by atoms with van der Waals surface area (Å²) >= 11 is 0. The zero-order valence-electron chi connectivity index (χ0n) is 8.20. The molecule has 0 fully saturated rings. The highest BCUT2D eigenvalue weighted by molar-refractivity contribution is 5.90. The quantitative estimate of drug-likeness (QED) is 0.576. The summed E-state index contributed by atoms with van der Waals surface area (Å²) in [4.78, 5) is 0. The van der Waals surface area contributed by atoms with Gasteiger partial charge in [0.15, 0.2) is 0 Å². The minimum Gasteiger partial charge on any atom is -0.158 e. The molecule has 0 unspecified atom stereocenters. The molecule has 1 aromatic carbocycles. The molecule has 0 bridgehead atoms. The standard InChI is InChI=1S/C11H13N2/c1-11(2,3)9-6-4-5-8-7-12-13-10(8)9/h4-7H,1-3H3. The van der Waals surface area contributed by atoms with Crippen molar-refractivity contribution in [2.45, 2.75) is 26.2 Å². The number of hydrogen-bond acceptors (Lipinski definition) is 1. The first-order valence-corrected chi connectivity index (χ1v) is 4.46. The van der Waals surface area contributed by atoms with Crippen LogP contribution in [0.1, 0.15) is 31.9 Å². The number of benzene rings is 1. The molecule has 1 radical (unpaired) electrons. The van der Waals surface area contributed by atoms with E-state index >= 15 is 0 Å².